The Kier molecular flexibility index (Phi) is 6.55. The van der Waals surface area contributed by atoms with Gasteiger partial charge in [-0.3, -0.25) is 24.1 Å². The molecule has 7 nitrogen and oxygen atoms in total. The molecule has 2 saturated heterocycles. The van der Waals surface area contributed by atoms with E-state index in [4.69, 9.17) is 11.6 Å². The summed E-state index contributed by atoms with van der Waals surface area (Å²) in [6, 6.07) is 17.5. The topological polar surface area (TPSA) is 95.0 Å². The van der Waals surface area contributed by atoms with Crippen molar-refractivity contribution < 1.29 is 28.7 Å². The molecule has 3 aromatic rings. The number of phenolic OH excluding ortho intramolecular Hbond substituents is 1. The monoisotopic (exact) mass is 710 g/mol. The van der Waals surface area contributed by atoms with E-state index in [1.165, 1.54) is 29.2 Å². The second-order valence-corrected chi connectivity index (χ2v) is 13.5. The largest absolute Gasteiger partial charge is 0.508 e. The van der Waals surface area contributed by atoms with Gasteiger partial charge >= 0.3 is 0 Å². The fourth-order valence-corrected chi connectivity index (χ4v) is 8.31. The first-order chi connectivity index (χ1) is 20.5. The van der Waals surface area contributed by atoms with Gasteiger partial charge in [0.25, 0.3) is 0 Å². The van der Waals surface area contributed by atoms with Gasteiger partial charge in [-0.15, -0.1) is 0 Å². The summed E-state index contributed by atoms with van der Waals surface area (Å²) in [4.78, 5) is 58.6. The van der Waals surface area contributed by atoms with E-state index in [-0.39, 0.29) is 34.7 Å². The van der Waals surface area contributed by atoms with Crippen LogP contribution in [0.3, 0.4) is 0 Å². The zero-order valence-electron chi connectivity index (χ0n) is 22.8. The van der Waals surface area contributed by atoms with Crippen LogP contribution in [0.25, 0.3) is 0 Å². The number of amides is 4. The maximum Gasteiger partial charge on any atom is 0.241 e. The molecule has 0 spiro atoms. The Hall–Kier alpha value is -3.57. The molecule has 1 N–H and O–H groups in total. The van der Waals surface area contributed by atoms with E-state index in [0.29, 0.717) is 17.7 Å². The van der Waals surface area contributed by atoms with Crippen molar-refractivity contribution in [3.63, 3.8) is 0 Å². The maximum absolute atomic E-state index is 14.4. The van der Waals surface area contributed by atoms with Crippen LogP contribution in [0.2, 0.25) is 5.02 Å². The third kappa shape index (κ3) is 4.03. The van der Waals surface area contributed by atoms with Crippen LogP contribution in [0.4, 0.5) is 15.8 Å². The highest BCUT2D eigenvalue weighted by Gasteiger charge is 2.67. The third-order valence-electron chi connectivity index (χ3n) is 9.75. The molecule has 0 unspecified atom stereocenters. The molecule has 7 rings (SSSR count). The fraction of sp³-hybridized carbons (Fsp3) is 0.273. The minimum absolute atomic E-state index is 0.0524. The van der Waals surface area contributed by atoms with Crippen LogP contribution < -0.4 is 9.80 Å². The first-order valence-corrected chi connectivity index (χ1v) is 15.4. The van der Waals surface area contributed by atoms with E-state index in [2.05, 4.69) is 22.6 Å². The van der Waals surface area contributed by atoms with Crippen molar-refractivity contribution in [2.45, 2.75) is 25.7 Å². The molecule has 2 aliphatic carbocycles. The number of imide groups is 2. The Morgan fingerprint density at radius 2 is 1.56 bits per heavy atom. The lowest BCUT2D eigenvalue weighted by molar-refractivity contribution is -0.131. The van der Waals surface area contributed by atoms with Crippen molar-refractivity contribution in [2.24, 2.45) is 29.1 Å². The van der Waals surface area contributed by atoms with Crippen LogP contribution in [0.1, 0.15) is 31.2 Å². The molecule has 2 aliphatic heterocycles. The van der Waals surface area contributed by atoms with Gasteiger partial charge in [-0.05, 0) is 108 Å². The van der Waals surface area contributed by atoms with Crippen LogP contribution >= 0.6 is 34.2 Å². The first kappa shape index (κ1) is 28.2. The Morgan fingerprint density at radius 1 is 0.884 bits per heavy atom. The Labute approximate surface area is 265 Å². The molecule has 4 aliphatic rings. The predicted molar refractivity (Wildman–Crippen MR) is 166 cm³/mol. The zero-order chi connectivity index (χ0) is 30.4. The average molecular weight is 711 g/mol. The van der Waals surface area contributed by atoms with Crippen molar-refractivity contribution in [3.8, 4) is 5.75 Å². The van der Waals surface area contributed by atoms with E-state index >= 15 is 0 Å². The predicted octanol–water partition coefficient (Wildman–Crippen LogP) is 6.22. The van der Waals surface area contributed by atoms with E-state index in [0.717, 1.165) is 20.1 Å². The number of nitrogens with zero attached hydrogens (tertiary/aromatic N) is 2. The summed E-state index contributed by atoms with van der Waals surface area (Å²) in [5, 5.41) is 9.83. The lowest BCUT2D eigenvalue weighted by Crippen LogP contribution is -2.48. The van der Waals surface area contributed by atoms with E-state index in [1.807, 2.05) is 18.2 Å². The molecule has 3 aromatic carbocycles. The van der Waals surface area contributed by atoms with Gasteiger partial charge in [0, 0.05) is 9.49 Å². The minimum atomic E-state index is -1.24. The number of hydrogen-bond donors (Lipinski definition) is 1. The standard InChI is InChI=1S/C33H25ClFIN2O5/c1-33-24(30(41)38(32(33)43)19-8-13-26(35)25(34)14-19)15-23-21(28(33)16-2-9-20(39)10-3-16)11-12-22-27(23)31(42)37(29(22)40)18-6-4-17(36)5-7-18/h2-11,13-14,22-24,27-28,39H,12,15H2,1H3/t22-,23+,24-,27-,28-,33+/m0/s1. The fourth-order valence-electron chi connectivity index (χ4n) is 7.78. The lowest BCUT2D eigenvalue weighted by atomic mass is 9.51. The summed E-state index contributed by atoms with van der Waals surface area (Å²) in [5.74, 6) is -5.24. The highest BCUT2D eigenvalue weighted by molar-refractivity contribution is 14.1. The van der Waals surface area contributed by atoms with Crippen molar-refractivity contribution in [2.75, 3.05) is 9.80 Å². The first-order valence-electron chi connectivity index (χ1n) is 14.0. The van der Waals surface area contributed by atoms with Gasteiger partial charge in [-0.25, -0.2) is 9.29 Å². The van der Waals surface area contributed by atoms with Crippen molar-refractivity contribution in [3.05, 3.63) is 98.4 Å². The van der Waals surface area contributed by atoms with Gasteiger partial charge in [0.15, 0.2) is 0 Å². The molecular weight excluding hydrogens is 686 g/mol. The maximum atomic E-state index is 14.4. The van der Waals surface area contributed by atoms with Crippen molar-refractivity contribution in [1.29, 1.82) is 0 Å². The van der Waals surface area contributed by atoms with Gasteiger partial charge in [0.2, 0.25) is 23.6 Å². The summed E-state index contributed by atoms with van der Waals surface area (Å²) >= 11 is 8.21. The third-order valence-corrected chi connectivity index (χ3v) is 10.8. The Bertz CT molecular complexity index is 1760. The minimum Gasteiger partial charge on any atom is -0.508 e. The second kappa shape index (κ2) is 9.99. The molecule has 0 radical (unpaired) electrons. The molecule has 6 atom stereocenters. The highest BCUT2D eigenvalue weighted by Crippen LogP contribution is 2.63. The zero-order valence-corrected chi connectivity index (χ0v) is 25.8. The summed E-state index contributed by atoms with van der Waals surface area (Å²) < 4.78 is 15.0. The number of anilines is 2. The number of rotatable bonds is 3. The number of carbonyl (C=O) groups is 4. The number of carbonyl (C=O) groups excluding carboxylic acids is 4. The van der Waals surface area contributed by atoms with Gasteiger partial charge in [-0.1, -0.05) is 35.4 Å². The summed E-state index contributed by atoms with van der Waals surface area (Å²) in [6.07, 6.45) is 2.51. The smallest absolute Gasteiger partial charge is 0.241 e. The molecule has 10 heteroatoms. The van der Waals surface area contributed by atoms with E-state index < -0.39 is 52.6 Å². The van der Waals surface area contributed by atoms with Crippen LogP contribution in [0.5, 0.6) is 5.75 Å². The number of hydrogen-bond acceptors (Lipinski definition) is 5. The molecule has 43 heavy (non-hydrogen) atoms. The van der Waals surface area contributed by atoms with E-state index in [1.54, 1.807) is 31.2 Å². The Balaban J connectivity index is 1.35. The van der Waals surface area contributed by atoms with Gasteiger partial charge in [0.05, 0.1) is 39.6 Å². The quantitative estimate of drug-likeness (QED) is 0.198. The number of phenols is 1. The molecule has 4 amide bonds. The normalized spacial score (nSPS) is 29.9. The summed E-state index contributed by atoms with van der Waals surface area (Å²) in [6.45, 7) is 1.77. The molecule has 1 saturated carbocycles. The number of allylic oxidation sites excluding steroid dienone is 2. The SMILES string of the molecule is C[C@@]12C(=O)N(c3ccc(F)c(Cl)c3)C(=O)[C@@H]1C[C@@H]1C(=CC[C@@H]3C(=O)N(c4ccc(I)cc4)C(=O)[C@@H]31)[C@@H]2c1ccc(O)cc1. The van der Waals surface area contributed by atoms with Gasteiger partial charge < -0.3 is 5.11 Å². The number of halogens is 3. The van der Waals surface area contributed by atoms with Crippen molar-refractivity contribution in [1.82, 2.24) is 0 Å². The number of benzene rings is 3. The lowest BCUT2D eigenvalue weighted by Gasteiger charge is -2.49. The van der Waals surface area contributed by atoms with Crippen LogP contribution in [-0.4, -0.2) is 28.7 Å². The van der Waals surface area contributed by atoms with Gasteiger partial charge in [-0.2, -0.15) is 0 Å². The Morgan fingerprint density at radius 3 is 2.23 bits per heavy atom. The van der Waals surface area contributed by atoms with Crippen LogP contribution in [-0.2, 0) is 19.2 Å². The summed E-state index contributed by atoms with van der Waals surface area (Å²) in [7, 11) is 0. The molecule has 3 fully saturated rings. The summed E-state index contributed by atoms with van der Waals surface area (Å²) in [5.41, 5.74) is 0.996. The molecule has 218 valence electrons. The number of fused-ring (bicyclic) bond motifs is 4. The average Bonchev–Trinajstić information content (AvgIpc) is 3.35. The van der Waals surface area contributed by atoms with Gasteiger partial charge in [0.1, 0.15) is 11.6 Å². The molecule has 2 heterocycles. The highest BCUT2D eigenvalue weighted by atomic mass is 127. The molecule has 0 bridgehead atoms. The molecule has 0 aromatic heterocycles. The molecular formula is C33H25ClFIN2O5. The van der Waals surface area contributed by atoms with Crippen LogP contribution in [0.15, 0.2) is 78.4 Å². The van der Waals surface area contributed by atoms with Crippen LogP contribution in [0, 0.1) is 38.5 Å². The second-order valence-electron chi connectivity index (χ2n) is 11.8. The number of aromatic hydroxyl groups is 1. The van der Waals surface area contributed by atoms with E-state index in [9.17, 15) is 28.7 Å². The van der Waals surface area contributed by atoms with Crippen molar-refractivity contribution >= 4 is 69.2 Å².